The lowest BCUT2D eigenvalue weighted by atomic mass is 10.2. The van der Waals surface area contributed by atoms with Crippen LogP contribution in [0.4, 0.5) is 11.4 Å². The van der Waals surface area contributed by atoms with Crippen LogP contribution in [0.1, 0.15) is 5.56 Å². The number of benzene rings is 3. The maximum atomic E-state index is 12.9. The van der Waals surface area contributed by atoms with Crippen LogP contribution in [-0.4, -0.2) is 28.0 Å². The molecule has 0 bridgehead atoms. The molecular formula is C22H18ClN3O5S. The molecule has 0 aromatic heterocycles. The third-order valence-electron chi connectivity index (χ3n) is 4.20. The van der Waals surface area contributed by atoms with E-state index in [9.17, 15) is 13.2 Å². The van der Waals surface area contributed by atoms with Crippen molar-refractivity contribution < 1.29 is 22.7 Å². The van der Waals surface area contributed by atoms with Crippen LogP contribution in [0.15, 0.2) is 71.6 Å². The monoisotopic (exact) mass is 471 g/mol. The van der Waals surface area contributed by atoms with Gasteiger partial charge in [-0.05, 0) is 54.6 Å². The van der Waals surface area contributed by atoms with Gasteiger partial charge < -0.3 is 14.8 Å². The Labute approximate surface area is 190 Å². The molecule has 1 amide bonds. The van der Waals surface area contributed by atoms with Crippen LogP contribution >= 0.6 is 11.6 Å². The Bertz CT molecular complexity index is 1270. The van der Waals surface area contributed by atoms with Crippen molar-refractivity contribution >= 4 is 38.9 Å². The maximum Gasteiger partial charge on any atom is 0.265 e. The van der Waals surface area contributed by atoms with Gasteiger partial charge in [-0.15, -0.1) is 0 Å². The molecule has 3 aromatic rings. The van der Waals surface area contributed by atoms with Gasteiger partial charge in [-0.25, -0.2) is 8.42 Å². The van der Waals surface area contributed by atoms with Crippen molar-refractivity contribution in [2.24, 2.45) is 0 Å². The zero-order valence-corrected chi connectivity index (χ0v) is 18.4. The minimum Gasteiger partial charge on any atom is -0.495 e. The summed E-state index contributed by atoms with van der Waals surface area (Å²) in [6.07, 6.45) is 0. The molecule has 0 atom stereocenters. The number of nitriles is 1. The number of carbonyl (C=O) groups is 1. The minimum absolute atomic E-state index is 0.101. The molecule has 32 heavy (non-hydrogen) atoms. The lowest BCUT2D eigenvalue weighted by Crippen LogP contribution is -2.21. The molecule has 0 heterocycles. The molecule has 164 valence electrons. The third kappa shape index (κ3) is 5.69. The van der Waals surface area contributed by atoms with Crippen molar-refractivity contribution in [1.29, 1.82) is 5.26 Å². The van der Waals surface area contributed by atoms with Gasteiger partial charge in [-0.1, -0.05) is 23.7 Å². The Morgan fingerprint density at radius 3 is 2.41 bits per heavy atom. The van der Waals surface area contributed by atoms with Gasteiger partial charge >= 0.3 is 0 Å². The molecule has 2 N–H and O–H groups in total. The molecule has 0 aliphatic rings. The average Bonchev–Trinajstić information content (AvgIpc) is 2.79. The van der Waals surface area contributed by atoms with Crippen LogP contribution in [0.5, 0.6) is 11.5 Å². The highest BCUT2D eigenvalue weighted by Crippen LogP contribution is 2.29. The Morgan fingerprint density at radius 2 is 1.72 bits per heavy atom. The molecule has 0 aliphatic heterocycles. The SMILES string of the molecule is COc1ccc(NC(=O)COc2ccccc2C#N)cc1S(=O)(=O)Nc1ccc(Cl)cc1. The summed E-state index contributed by atoms with van der Waals surface area (Å²) in [5, 5.41) is 12.1. The smallest absolute Gasteiger partial charge is 0.265 e. The van der Waals surface area contributed by atoms with E-state index in [0.717, 1.165) is 0 Å². The van der Waals surface area contributed by atoms with Gasteiger partial charge in [0.15, 0.2) is 6.61 Å². The number of nitrogens with zero attached hydrogens (tertiary/aromatic N) is 1. The number of amides is 1. The van der Waals surface area contributed by atoms with Gasteiger partial charge in [0.05, 0.1) is 12.7 Å². The van der Waals surface area contributed by atoms with Crippen LogP contribution < -0.4 is 19.5 Å². The predicted octanol–water partition coefficient (Wildman–Crippen LogP) is 4.04. The van der Waals surface area contributed by atoms with Crippen LogP contribution in [-0.2, 0) is 14.8 Å². The van der Waals surface area contributed by atoms with E-state index in [1.165, 1.54) is 37.4 Å². The van der Waals surface area contributed by atoms with Crippen LogP contribution in [0, 0.1) is 11.3 Å². The Balaban J connectivity index is 1.76. The standard InChI is InChI=1S/C22H18ClN3O5S/c1-30-20-11-10-18(25-22(27)14-31-19-5-3-2-4-15(19)13-24)12-21(20)32(28,29)26-17-8-6-16(23)7-9-17/h2-12,26H,14H2,1H3,(H,25,27). The van der Waals surface area contributed by atoms with Gasteiger partial charge in [-0.2, -0.15) is 5.26 Å². The highest BCUT2D eigenvalue weighted by molar-refractivity contribution is 7.92. The minimum atomic E-state index is -4.03. The van der Waals surface area contributed by atoms with E-state index in [-0.39, 0.29) is 28.7 Å². The van der Waals surface area contributed by atoms with E-state index in [0.29, 0.717) is 16.3 Å². The number of hydrogen-bond donors (Lipinski definition) is 2. The summed E-state index contributed by atoms with van der Waals surface area (Å²) >= 11 is 5.83. The number of hydrogen-bond acceptors (Lipinski definition) is 6. The summed E-state index contributed by atoms with van der Waals surface area (Å²) in [7, 11) is -2.69. The summed E-state index contributed by atoms with van der Waals surface area (Å²) in [6.45, 7) is -0.365. The van der Waals surface area contributed by atoms with Crippen molar-refractivity contribution in [3.63, 3.8) is 0 Å². The second kappa shape index (κ2) is 10.0. The highest BCUT2D eigenvalue weighted by Gasteiger charge is 2.21. The maximum absolute atomic E-state index is 12.9. The van der Waals surface area contributed by atoms with Crippen molar-refractivity contribution in [3.8, 4) is 17.6 Å². The summed E-state index contributed by atoms with van der Waals surface area (Å²) < 4.78 is 38.8. The van der Waals surface area contributed by atoms with Gasteiger partial charge in [0.2, 0.25) is 0 Å². The quantitative estimate of drug-likeness (QED) is 0.512. The Hall–Kier alpha value is -3.74. The zero-order chi connectivity index (χ0) is 23.1. The van der Waals surface area contributed by atoms with E-state index < -0.39 is 15.9 Å². The van der Waals surface area contributed by atoms with Crippen molar-refractivity contribution in [2.45, 2.75) is 4.90 Å². The van der Waals surface area contributed by atoms with E-state index in [4.69, 9.17) is 26.3 Å². The van der Waals surface area contributed by atoms with Crippen molar-refractivity contribution in [1.82, 2.24) is 0 Å². The molecule has 8 nitrogen and oxygen atoms in total. The molecule has 3 rings (SSSR count). The molecule has 3 aromatic carbocycles. The molecule has 0 saturated carbocycles. The molecule has 0 saturated heterocycles. The first-order chi connectivity index (χ1) is 15.3. The number of carbonyl (C=O) groups excluding carboxylic acids is 1. The molecule has 0 radical (unpaired) electrons. The Morgan fingerprint density at radius 1 is 1.03 bits per heavy atom. The zero-order valence-electron chi connectivity index (χ0n) is 16.8. The number of nitrogens with one attached hydrogen (secondary N) is 2. The summed E-state index contributed by atoms with van der Waals surface area (Å²) in [4.78, 5) is 12.1. The molecule has 0 aliphatic carbocycles. The predicted molar refractivity (Wildman–Crippen MR) is 121 cm³/mol. The van der Waals surface area contributed by atoms with Crippen molar-refractivity contribution in [2.75, 3.05) is 23.8 Å². The van der Waals surface area contributed by atoms with Gasteiger partial charge in [0.25, 0.3) is 15.9 Å². The fourth-order valence-corrected chi connectivity index (χ4v) is 4.10. The van der Waals surface area contributed by atoms with E-state index in [1.807, 2.05) is 6.07 Å². The first-order valence-corrected chi connectivity index (χ1v) is 11.1. The molecule has 0 fully saturated rings. The molecule has 0 unspecified atom stereocenters. The topological polar surface area (TPSA) is 118 Å². The fourth-order valence-electron chi connectivity index (χ4n) is 2.72. The van der Waals surface area contributed by atoms with Crippen LogP contribution in [0.2, 0.25) is 5.02 Å². The fraction of sp³-hybridized carbons (Fsp3) is 0.0909. The summed E-state index contributed by atoms with van der Waals surface area (Å²) in [6, 6.07) is 18.8. The highest BCUT2D eigenvalue weighted by atomic mass is 35.5. The van der Waals surface area contributed by atoms with Gasteiger partial charge in [0.1, 0.15) is 22.5 Å². The number of anilines is 2. The van der Waals surface area contributed by atoms with E-state index in [1.54, 1.807) is 36.4 Å². The number of rotatable bonds is 8. The molecule has 10 heteroatoms. The second-order valence-corrected chi connectivity index (χ2v) is 8.51. The average molecular weight is 472 g/mol. The lowest BCUT2D eigenvalue weighted by molar-refractivity contribution is -0.118. The Kier molecular flexibility index (Phi) is 7.20. The number of ether oxygens (including phenoxy) is 2. The van der Waals surface area contributed by atoms with Gasteiger partial charge in [0, 0.05) is 16.4 Å². The molecular weight excluding hydrogens is 454 g/mol. The molecule has 0 spiro atoms. The van der Waals surface area contributed by atoms with Crippen LogP contribution in [0.25, 0.3) is 0 Å². The van der Waals surface area contributed by atoms with Crippen LogP contribution in [0.3, 0.4) is 0 Å². The van der Waals surface area contributed by atoms with E-state index >= 15 is 0 Å². The number of para-hydroxylation sites is 1. The van der Waals surface area contributed by atoms with E-state index in [2.05, 4.69) is 10.0 Å². The summed E-state index contributed by atoms with van der Waals surface area (Å²) in [5.41, 5.74) is 0.839. The second-order valence-electron chi connectivity index (χ2n) is 6.42. The van der Waals surface area contributed by atoms with Crippen molar-refractivity contribution in [3.05, 3.63) is 77.3 Å². The lowest BCUT2D eigenvalue weighted by Gasteiger charge is -2.14. The third-order valence-corrected chi connectivity index (χ3v) is 5.85. The first kappa shape index (κ1) is 22.9. The normalized spacial score (nSPS) is 10.7. The largest absolute Gasteiger partial charge is 0.495 e. The number of methoxy groups -OCH3 is 1. The number of sulfonamides is 1. The summed E-state index contributed by atoms with van der Waals surface area (Å²) in [5.74, 6) is -0.157. The first-order valence-electron chi connectivity index (χ1n) is 9.20. The number of halogens is 1. The van der Waals surface area contributed by atoms with Gasteiger partial charge in [-0.3, -0.25) is 9.52 Å².